The van der Waals surface area contributed by atoms with Crippen molar-refractivity contribution in [1.82, 2.24) is 0 Å². The Morgan fingerprint density at radius 1 is 1.29 bits per heavy atom. The van der Waals surface area contributed by atoms with E-state index in [1.54, 1.807) is 0 Å². The molecule has 0 spiro atoms. The number of carboxylic acids is 1. The molecule has 0 amide bonds. The van der Waals surface area contributed by atoms with Gasteiger partial charge < -0.3 is 10.0 Å². The van der Waals surface area contributed by atoms with E-state index in [4.69, 9.17) is 5.11 Å². The van der Waals surface area contributed by atoms with Crippen LogP contribution in [0.5, 0.6) is 0 Å². The minimum absolute atomic E-state index is 0.139. The van der Waals surface area contributed by atoms with E-state index in [2.05, 4.69) is 0 Å². The molecule has 1 unspecified atom stereocenters. The SMILES string of the molecule is Cc1ccc(N(C)CC(C(=O)O)C(C)C)cc1. The van der Waals surface area contributed by atoms with Gasteiger partial charge >= 0.3 is 5.97 Å². The minimum Gasteiger partial charge on any atom is -0.481 e. The topological polar surface area (TPSA) is 40.5 Å². The summed E-state index contributed by atoms with van der Waals surface area (Å²) in [6, 6.07) is 8.12. The highest BCUT2D eigenvalue weighted by molar-refractivity contribution is 5.71. The Hall–Kier alpha value is -1.51. The fourth-order valence-corrected chi connectivity index (χ4v) is 1.77. The van der Waals surface area contributed by atoms with Gasteiger partial charge in [-0.15, -0.1) is 0 Å². The smallest absolute Gasteiger partial charge is 0.308 e. The molecule has 17 heavy (non-hydrogen) atoms. The maximum atomic E-state index is 11.1. The highest BCUT2D eigenvalue weighted by Gasteiger charge is 2.23. The second kappa shape index (κ2) is 5.71. The number of nitrogens with zero attached hydrogens (tertiary/aromatic N) is 1. The summed E-state index contributed by atoms with van der Waals surface area (Å²) < 4.78 is 0. The molecule has 3 nitrogen and oxygen atoms in total. The van der Waals surface area contributed by atoms with E-state index < -0.39 is 5.97 Å². The van der Waals surface area contributed by atoms with E-state index >= 15 is 0 Å². The molecule has 0 aliphatic carbocycles. The van der Waals surface area contributed by atoms with Crippen molar-refractivity contribution in [3.63, 3.8) is 0 Å². The Morgan fingerprint density at radius 2 is 1.82 bits per heavy atom. The summed E-state index contributed by atoms with van der Waals surface area (Å²) in [6.07, 6.45) is 0. The third-order valence-corrected chi connectivity index (χ3v) is 3.07. The summed E-state index contributed by atoms with van der Waals surface area (Å²) in [6.45, 7) is 6.47. The maximum absolute atomic E-state index is 11.1. The highest BCUT2D eigenvalue weighted by atomic mass is 16.4. The third-order valence-electron chi connectivity index (χ3n) is 3.07. The van der Waals surface area contributed by atoms with Gasteiger partial charge in [-0.2, -0.15) is 0 Å². The van der Waals surface area contributed by atoms with Crippen LogP contribution in [0.2, 0.25) is 0 Å². The third kappa shape index (κ3) is 3.77. The highest BCUT2D eigenvalue weighted by Crippen LogP contribution is 2.18. The lowest BCUT2D eigenvalue weighted by Gasteiger charge is -2.25. The zero-order valence-electron chi connectivity index (χ0n) is 11.0. The van der Waals surface area contributed by atoms with Gasteiger partial charge in [0.05, 0.1) is 5.92 Å². The zero-order valence-corrected chi connectivity index (χ0v) is 11.0. The van der Waals surface area contributed by atoms with Crippen molar-refractivity contribution in [2.45, 2.75) is 20.8 Å². The summed E-state index contributed by atoms with van der Waals surface area (Å²) in [7, 11) is 1.93. The van der Waals surface area contributed by atoms with E-state index in [-0.39, 0.29) is 11.8 Å². The number of carboxylic acid groups (broad SMARTS) is 1. The Kier molecular flexibility index (Phi) is 4.55. The van der Waals surface area contributed by atoms with E-state index in [1.807, 2.05) is 57.0 Å². The van der Waals surface area contributed by atoms with Crippen molar-refractivity contribution in [3.8, 4) is 0 Å². The van der Waals surface area contributed by atoms with Gasteiger partial charge in [-0.1, -0.05) is 31.5 Å². The molecule has 0 heterocycles. The molecule has 0 aliphatic heterocycles. The van der Waals surface area contributed by atoms with Crippen LogP contribution in [0.1, 0.15) is 19.4 Å². The van der Waals surface area contributed by atoms with Crippen LogP contribution in [-0.4, -0.2) is 24.7 Å². The molecular weight excluding hydrogens is 214 g/mol. The predicted octanol–water partition coefficient (Wildman–Crippen LogP) is 2.79. The Morgan fingerprint density at radius 3 is 2.24 bits per heavy atom. The van der Waals surface area contributed by atoms with Crippen LogP contribution in [0.4, 0.5) is 5.69 Å². The summed E-state index contributed by atoms with van der Waals surface area (Å²) in [5.74, 6) is -0.916. The summed E-state index contributed by atoms with van der Waals surface area (Å²) in [5.41, 5.74) is 2.27. The molecule has 0 saturated carbocycles. The molecular formula is C14H21NO2. The number of rotatable bonds is 5. The molecule has 1 rings (SSSR count). The lowest BCUT2D eigenvalue weighted by molar-refractivity contribution is -0.142. The molecule has 0 saturated heterocycles. The molecule has 3 heteroatoms. The van der Waals surface area contributed by atoms with Crippen LogP contribution in [0.3, 0.4) is 0 Å². The van der Waals surface area contributed by atoms with Crippen molar-refractivity contribution in [2.24, 2.45) is 11.8 Å². The number of benzene rings is 1. The van der Waals surface area contributed by atoms with Gasteiger partial charge in [0.1, 0.15) is 0 Å². The molecule has 0 aromatic heterocycles. The van der Waals surface area contributed by atoms with E-state index in [9.17, 15) is 4.79 Å². The van der Waals surface area contributed by atoms with Crippen LogP contribution in [0.15, 0.2) is 24.3 Å². The Bertz CT molecular complexity index is 370. The molecule has 0 radical (unpaired) electrons. The fraction of sp³-hybridized carbons (Fsp3) is 0.500. The Balaban J connectivity index is 2.73. The molecule has 0 aliphatic rings. The summed E-state index contributed by atoms with van der Waals surface area (Å²) in [5, 5.41) is 9.16. The second-order valence-electron chi connectivity index (χ2n) is 4.90. The second-order valence-corrected chi connectivity index (χ2v) is 4.90. The standard InChI is InChI=1S/C14H21NO2/c1-10(2)13(14(16)17)9-15(4)12-7-5-11(3)6-8-12/h5-8,10,13H,9H2,1-4H3,(H,16,17). The first kappa shape index (κ1) is 13.6. The molecule has 94 valence electrons. The number of hydrogen-bond acceptors (Lipinski definition) is 2. The van der Waals surface area contributed by atoms with Crippen molar-refractivity contribution in [3.05, 3.63) is 29.8 Å². The first-order valence-electron chi connectivity index (χ1n) is 5.92. The predicted molar refractivity (Wildman–Crippen MR) is 70.4 cm³/mol. The number of hydrogen-bond donors (Lipinski definition) is 1. The van der Waals surface area contributed by atoms with Gasteiger partial charge in [-0.3, -0.25) is 4.79 Å². The average Bonchev–Trinajstić information content (AvgIpc) is 2.25. The van der Waals surface area contributed by atoms with E-state index in [0.717, 1.165) is 5.69 Å². The maximum Gasteiger partial charge on any atom is 0.308 e. The normalized spacial score (nSPS) is 12.5. The fourth-order valence-electron chi connectivity index (χ4n) is 1.77. The van der Waals surface area contributed by atoms with Gasteiger partial charge in [0.2, 0.25) is 0 Å². The van der Waals surface area contributed by atoms with Gasteiger partial charge in [0, 0.05) is 19.3 Å². The van der Waals surface area contributed by atoms with Crippen LogP contribution >= 0.6 is 0 Å². The summed E-state index contributed by atoms with van der Waals surface area (Å²) >= 11 is 0. The minimum atomic E-state index is -0.723. The average molecular weight is 235 g/mol. The molecule has 1 aromatic carbocycles. The van der Waals surface area contributed by atoms with E-state index in [0.29, 0.717) is 6.54 Å². The van der Waals surface area contributed by atoms with Gasteiger partial charge in [0.15, 0.2) is 0 Å². The zero-order chi connectivity index (χ0) is 13.0. The lowest BCUT2D eigenvalue weighted by atomic mass is 9.95. The molecule has 1 atom stereocenters. The van der Waals surface area contributed by atoms with Crippen molar-refractivity contribution in [2.75, 3.05) is 18.5 Å². The van der Waals surface area contributed by atoms with Crippen molar-refractivity contribution >= 4 is 11.7 Å². The van der Waals surface area contributed by atoms with Crippen LogP contribution in [0, 0.1) is 18.8 Å². The largest absolute Gasteiger partial charge is 0.481 e. The number of anilines is 1. The molecule has 1 aromatic rings. The van der Waals surface area contributed by atoms with Gasteiger partial charge in [0.25, 0.3) is 0 Å². The summed E-state index contributed by atoms with van der Waals surface area (Å²) in [4.78, 5) is 13.1. The van der Waals surface area contributed by atoms with Crippen molar-refractivity contribution in [1.29, 1.82) is 0 Å². The quantitative estimate of drug-likeness (QED) is 0.853. The first-order valence-corrected chi connectivity index (χ1v) is 5.92. The van der Waals surface area contributed by atoms with Crippen LogP contribution in [-0.2, 0) is 4.79 Å². The monoisotopic (exact) mass is 235 g/mol. The van der Waals surface area contributed by atoms with Gasteiger partial charge in [-0.25, -0.2) is 0 Å². The van der Waals surface area contributed by atoms with Crippen LogP contribution in [0.25, 0.3) is 0 Å². The first-order chi connectivity index (χ1) is 7.91. The Labute approximate surface area is 103 Å². The molecule has 1 N–H and O–H groups in total. The number of aryl methyl sites for hydroxylation is 1. The van der Waals surface area contributed by atoms with E-state index in [1.165, 1.54) is 5.56 Å². The number of carbonyl (C=O) groups is 1. The lowest BCUT2D eigenvalue weighted by Crippen LogP contribution is -2.33. The van der Waals surface area contributed by atoms with Crippen molar-refractivity contribution < 1.29 is 9.90 Å². The molecule has 0 bridgehead atoms. The number of aliphatic carboxylic acids is 1. The van der Waals surface area contributed by atoms with Gasteiger partial charge in [-0.05, 0) is 25.0 Å². The molecule has 0 fully saturated rings. The van der Waals surface area contributed by atoms with Crippen LogP contribution < -0.4 is 4.90 Å².